The fraction of sp³-hybridized carbons (Fsp3) is 0.333. The Kier molecular flexibility index (Phi) is 6.41. The maximum atomic E-state index is 13.6. The molecule has 27 heavy (non-hydrogen) atoms. The molecule has 1 fully saturated rings. The Balaban J connectivity index is 1.40. The molecule has 2 aromatic carbocycles. The second kappa shape index (κ2) is 9.16. The Morgan fingerprint density at radius 3 is 2.37 bits per heavy atom. The van der Waals surface area contributed by atoms with E-state index in [4.69, 9.17) is 0 Å². The van der Waals surface area contributed by atoms with Crippen LogP contribution in [-0.4, -0.2) is 36.5 Å². The van der Waals surface area contributed by atoms with Crippen molar-refractivity contribution in [2.24, 2.45) is 5.92 Å². The van der Waals surface area contributed by atoms with Crippen LogP contribution in [0.4, 0.5) is 14.9 Å². The summed E-state index contributed by atoms with van der Waals surface area (Å²) in [5.74, 6) is -0.342. The molecular weight excluding hydrogens is 345 g/mol. The summed E-state index contributed by atoms with van der Waals surface area (Å²) < 4.78 is 13.6. The van der Waals surface area contributed by atoms with Gasteiger partial charge < -0.3 is 15.5 Å². The number of para-hydroxylation sites is 1. The fourth-order valence-electron chi connectivity index (χ4n) is 3.23. The third-order valence-electron chi connectivity index (χ3n) is 4.82. The minimum absolute atomic E-state index is 0.000751. The van der Waals surface area contributed by atoms with Crippen molar-refractivity contribution in [1.82, 2.24) is 10.2 Å². The van der Waals surface area contributed by atoms with Gasteiger partial charge in [0.2, 0.25) is 5.91 Å². The van der Waals surface area contributed by atoms with Crippen LogP contribution in [0.25, 0.3) is 0 Å². The highest BCUT2D eigenvalue weighted by molar-refractivity contribution is 5.92. The molecule has 3 amide bonds. The average molecular weight is 369 g/mol. The van der Waals surface area contributed by atoms with Crippen LogP contribution in [0, 0.1) is 11.7 Å². The van der Waals surface area contributed by atoms with E-state index in [1.54, 1.807) is 23.1 Å². The molecule has 0 aliphatic carbocycles. The van der Waals surface area contributed by atoms with Crippen LogP contribution in [0.5, 0.6) is 0 Å². The summed E-state index contributed by atoms with van der Waals surface area (Å²) >= 11 is 0. The van der Waals surface area contributed by atoms with E-state index >= 15 is 0 Å². The summed E-state index contributed by atoms with van der Waals surface area (Å²) in [5.41, 5.74) is 1.38. The third kappa shape index (κ3) is 5.29. The zero-order valence-corrected chi connectivity index (χ0v) is 15.2. The van der Waals surface area contributed by atoms with E-state index in [-0.39, 0.29) is 23.7 Å². The number of carbonyl (C=O) groups excluding carboxylic acids is 2. The minimum Gasteiger partial charge on any atom is -0.338 e. The molecule has 1 saturated heterocycles. The standard InChI is InChI=1S/C21H24FN3O2/c22-19-9-5-4-6-16(19)10-13-23-21(27)25-14-11-17(12-15-25)20(26)24-18-7-2-1-3-8-18/h1-9,17H,10-15H2,(H,23,27)(H,24,26). The second-order valence-corrected chi connectivity index (χ2v) is 6.69. The van der Waals surface area contributed by atoms with Crippen LogP contribution in [0.1, 0.15) is 18.4 Å². The van der Waals surface area contributed by atoms with E-state index in [9.17, 15) is 14.0 Å². The smallest absolute Gasteiger partial charge is 0.317 e. The van der Waals surface area contributed by atoms with Gasteiger partial charge in [0, 0.05) is 31.2 Å². The molecule has 0 saturated carbocycles. The van der Waals surface area contributed by atoms with Crippen LogP contribution >= 0.6 is 0 Å². The number of likely N-dealkylation sites (tertiary alicyclic amines) is 1. The minimum atomic E-state index is -0.253. The maximum absolute atomic E-state index is 13.6. The molecule has 1 heterocycles. The number of rotatable bonds is 5. The summed E-state index contributed by atoms with van der Waals surface area (Å²) in [7, 11) is 0. The molecule has 6 heteroatoms. The predicted molar refractivity (Wildman–Crippen MR) is 103 cm³/mol. The number of hydrogen-bond acceptors (Lipinski definition) is 2. The van der Waals surface area contributed by atoms with Crippen LogP contribution in [0.3, 0.4) is 0 Å². The van der Waals surface area contributed by atoms with Gasteiger partial charge in [0.25, 0.3) is 0 Å². The number of hydrogen-bond donors (Lipinski definition) is 2. The normalized spacial score (nSPS) is 14.6. The van der Waals surface area contributed by atoms with E-state index in [1.165, 1.54) is 6.07 Å². The van der Waals surface area contributed by atoms with E-state index in [0.29, 0.717) is 44.5 Å². The van der Waals surface area contributed by atoms with Crippen molar-refractivity contribution in [3.63, 3.8) is 0 Å². The summed E-state index contributed by atoms with van der Waals surface area (Å²) in [4.78, 5) is 26.3. The zero-order valence-electron chi connectivity index (χ0n) is 15.2. The van der Waals surface area contributed by atoms with Gasteiger partial charge in [-0.25, -0.2) is 9.18 Å². The number of carbonyl (C=O) groups is 2. The van der Waals surface area contributed by atoms with Crippen molar-refractivity contribution in [2.45, 2.75) is 19.3 Å². The molecule has 0 atom stereocenters. The van der Waals surface area contributed by atoms with E-state index in [1.807, 2.05) is 30.3 Å². The Hall–Kier alpha value is -2.89. The Bertz CT molecular complexity index is 774. The van der Waals surface area contributed by atoms with Gasteiger partial charge >= 0.3 is 6.03 Å². The number of urea groups is 1. The molecule has 0 radical (unpaired) electrons. The molecule has 5 nitrogen and oxygen atoms in total. The van der Waals surface area contributed by atoms with Crippen molar-refractivity contribution < 1.29 is 14.0 Å². The van der Waals surface area contributed by atoms with Gasteiger partial charge in [-0.05, 0) is 43.0 Å². The van der Waals surface area contributed by atoms with Gasteiger partial charge in [-0.2, -0.15) is 0 Å². The van der Waals surface area contributed by atoms with Gasteiger partial charge in [0.05, 0.1) is 0 Å². The van der Waals surface area contributed by atoms with Crippen molar-refractivity contribution in [3.05, 3.63) is 66.0 Å². The number of nitrogens with zero attached hydrogens (tertiary/aromatic N) is 1. The highest BCUT2D eigenvalue weighted by Gasteiger charge is 2.27. The highest BCUT2D eigenvalue weighted by atomic mass is 19.1. The van der Waals surface area contributed by atoms with Gasteiger partial charge in [0.1, 0.15) is 5.82 Å². The molecular formula is C21H24FN3O2. The van der Waals surface area contributed by atoms with Crippen LogP contribution in [0.15, 0.2) is 54.6 Å². The van der Waals surface area contributed by atoms with E-state index in [0.717, 1.165) is 5.69 Å². The first kappa shape index (κ1) is 18.9. The summed E-state index contributed by atoms with van der Waals surface area (Å²) in [6.07, 6.45) is 1.73. The quantitative estimate of drug-likeness (QED) is 0.848. The van der Waals surface area contributed by atoms with Crippen LogP contribution in [0.2, 0.25) is 0 Å². The molecule has 0 spiro atoms. The van der Waals surface area contributed by atoms with Gasteiger partial charge in [-0.1, -0.05) is 36.4 Å². The third-order valence-corrected chi connectivity index (χ3v) is 4.82. The molecule has 0 unspecified atom stereocenters. The molecule has 3 rings (SSSR count). The fourth-order valence-corrected chi connectivity index (χ4v) is 3.23. The van der Waals surface area contributed by atoms with Gasteiger partial charge in [0.15, 0.2) is 0 Å². The maximum Gasteiger partial charge on any atom is 0.317 e. The van der Waals surface area contributed by atoms with Crippen LogP contribution in [-0.2, 0) is 11.2 Å². The summed E-state index contributed by atoms with van der Waals surface area (Å²) in [5, 5.41) is 5.75. The zero-order chi connectivity index (χ0) is 19.1. The van der Waals surface area contributed by atoms with Crippen molar-refractivity contribution >= 4 is 17.6 Å². The first-order valence-electron chi connectivity index (χ1n) is 9.25. The molecule has 2 aromatic rings. The lowest BCUT2D eigenvalue weighted by atomic mass is 9.96. The van der Waals surface area contributed by atoms with Gasteiger partial charge in [-0.3, -0.25) is 4.79 Å². The number of anilines is 1. The molecule has 0 bridgehead atoms. The second-order valence-electron chi connectivity index (χ2n) is 6.69. The molecule has 1 aliphatic rings. The van der Waals surface area contributed by atoms with Crippen LogP contribution < -0.4 is 10.6 Å². The summed E-state index contributed by atoms with van der Waals surface area (Å²) in [6, 6.07) is 15.8. The van der Waals surface area contributed by atoms with Crippen molar-refractivity contribution in [1.29, 1.82) is 0 Å². The topological polar surface area (TPSA) is 61.4 Å². The number of amides is 3. The molecule has 142 valence electrons. The Labute approximate surface area is 158 Å². The molecule has 2 N–H and O–H groups in total. The Morgan fingerprint density at radius 2 is 1.67 bits per heavy atom. The van der Waals surface area contributed by atoms with Crippen molar-refractivity contribution in [3.8, 4) is 0 Å². The van der Waals surface area contributed by atoms with Crippen molar-refractivity contribution in [2.75, 3.05) is 25.0 Å². The predicted octanol–water partition coefficient (Wildman–Crippen LogP) is 3.43. The number of benzene rings is 2. The number of halogens is 1. The molecule has 1 aliphatic heterocycles. The lowest BCUT2D eigenvalue weighted by Crippen LogP contribution is -2.46. The largest absolute Gasteiger partial charge is 0.338 e. The SMILES string of the molecule is O=C(Nc1ccccc1)C1CCN(C(=O)NCCc2ccccc2F)CC1. The average Bonchev–Trinajstić information content (AvgIpc) is 2.70. The highest BCUT2D eigenvalue weighted by Crippen LogP contribution is 2.19. The van der Waals surface area contributed by atoms with Gasteiger partial charge in [-0.15, -0.1) is 0 Å². The number of nitrogens with one attached hydrogen (secondary N) is 2. The summed E-state index contributed by atoms with van der Waals surface area (Å²) in [6.45, 7) is 1.46. The Morgan fingerprint density at radius 1 is 1.00 bits per heavy atom. The lowest BCUT2D eigenvalue weighted by Gasteiger charge is -2.31. The van der Waals surface area contributed by atoms with E-state index in [2.05, 4.69) is 10.6 Å². The number of piperidine rings is 1. The molecule has 0 aromatic heterocycles. The first-order chi connectivity index (χ1) is 13.1. The lowest BCUT2D eigenvalue weighted by molar-refractivity contribution is -0.121. The van der Waals surface area contributed by atoms with E-state index < -0.39 is 0 Å². The first-order valence-corrected chi connectivity index (χ1v) is 9.25. The monoisotopic (exact) mass is 369 g/mol.